The van der Waals surface area contributed by atoms with Crippen LogP contribution in [0.1, 0.15) is 25.7 Å². The van der Waals surface area contributed by atoms with E-state index in [1.807, 2.05) is 18.2 Å². The Morgan fingerprint density at radius 3 is 2.40 bits per heavy atom. The Labute approximate surface area is 149 Å². The SMILES string of the molecule is COc1cc2nccc(NC3CCC(NS(=O)[O-])CC3)c2cc1OC. The number of nitrogens with one attached hydrogen (secondary N) is 2. The highest BCUT2D eigenvalue weighted by Gasteiger charge is 2.21. The van der Waals surface area contributed by atoms with E-state index in [4.69, 9.17) is 9.47 Å². The van der Waals surface area contributed by atoms with Gasteiger partial charge in [0.2, 0.25) is 0 Å². The summed E-state index contributed by atoms with van der Waals surface area (Å²) in [6.45, 7) is 0. The molecule has 7 nitrogen and oxygen atoms in total. The van der Waals surface area contributed by atoms with Gasteiger partial charge in [0.15, 0.2) is 11.5 Å². The maximum atomic E-state index is 10.7. The number of aromatic nitrogens is 1. The van der Waals surface area contributed by atoms with E-state index in [0.717, 1.165) is 42.3 Å². The summed E-state index contributed by atoms with van der Waals surface area (Å²) >= 11 is -2.19. The summed E-state index contributed by atoms with van der Waals surface area (Å²) in [6, 6.07) is 6.08. The van der Waals surface area contributed by atoms with Crippen LogP contribution in [-0.4, -0.2) is 40.0 Å². The van der Waals surface area contributed by atoms with E-state index < -0.39 is 11.3 Å². The summed E-state index contributed by atoms with van der Waals surface area (Å²) in [6.07, 6.45) is 5.24. The molecule has 0 aliphatic heterocycles. The van der Waals surface area contributed by atoms with Gasteiger partial charge in [-0.25, -0.2) is 4.72 Å². The molecule has 1 aromatic carbocycles. The third kappa shape index (κ3) is 4.20. The number of methoxy groups -OCH3 is 2. The van der Waals surface area contributed by atoms with Gasteiger partial charge in [-0.15, -0.1) is 0 Å². The maximum absolute atomic E-state index is 10.7. The van der Waals surface area contributed by atoms with Gasteiger partial charge in [-0.1, -0.05) is 0 Å². The first-order valence-electron chi connectivity index (χ1n) is 8.23. The van der Waals surface area contributed by atoms with Crippen molar-refractivity contribution in [3.8, 4) is 11.5 Å². The van der Waals surface area contributed by atoms with Crippen molar-refractivity contribution < 1.29 is 18.2 Å². The quantitative estimate of drug-likeness (QED) is 0.764. The first-order valence-corrected chi connectivity index (χ1v) is 9.31. The molecule has 1 saturated carbocycles. The van der Waals surface area contributed by atoms with Gasteiger partial charge < -0.3 is 19.3 Å². The third-order valence-corrected chi connectivity index (χ3v) is 5.12. The van der Waals surface area contributed by atoms with Crippen molar-refractivity contribution >= 4 is 27.9 Å². The van der Waals surface area contributed by atoms with Crippen LogP contribution in [0.15, 0.2) is 24.4 Å². The number of anilines is 1. The van der Waals surface area contributed by atoms with Crippen LogP contribution >= 0.6 is 0 Å². The largest absolute Gasteiger partial charge is 0.760 e. The van der Waals surface area contributed by atoms with Crippen LogP contribution in [0.2, 0.25) is 0 Å². The Bertz CT molecular complexity index is 763. The van der Waals surface area contributed by atoms with Gasteiger partial charge in [-0.05, 0) is 37.8 Å². The highest BCUT2D eigenvalue weighted by Crippen LogP contribution is 2.35. The molecule has 1 fully saturated rings. The van der Waals surface area contributed by atoms with Crippen LogP contribution in [0, 0.1) is 0 Å². The Kier molecular flexibility index (Phi) is 5.72. The minimum atomic E-state index is -2.19. The summed E-state index contributed by atoms with van der Waals surface area (Å²) < 4.78 is 34.8. The Balaban J connectivity index is 1.77. The van der Waals surface area contributed by atoms with E-state index in [9.17, 15) is 8.76 Å². The van der Waals surface area contributed by atoms with Gasteiger partial charge >= 0.3 is 0 Å². The average Bonchev–Trinajstić information content (AvgIpc) is 2.62. The minimum absolute atomic E-state index is 0.0370. The smallest absolute Gasteiger partial charge is 0.162 e. The van der Waals surface area contributed by atoms with E-state index in [0.29, 0.717) is 17.5 Å². The molecule has 136 valence electrons. The number of rotatable bonds is 6. The lowest BCUT2D eigenvalue weighted by Crippen LogP contribution is -2.37. The second kappa shape index (κ2) is 7.99. The van der Waals surface area contributed by atoms with Gasteiger partial charge in [-0.2, -0.15) is 0 Å². The molecule has 2 aromatic rings. The molecular weight excluding hydrogens is 342 g/mol. The highest BCUT2D eigenvalue weighted by molar-refractivity contribution is 7.77. The molecule has 0 radical (unpaired) electrons. The van der Waals surface area contributed by atoms with Gasteiger partial charge in [0.25, 0.3) is 0 Å². The number of nitrogens with zero attached hydrogens (tertiary/aromatic N) is 1. The molecule has 1 unspecified atom stereocenters. The Morgan fingerprint density at radius 1 is 1.12 bits per heavy atom. The summed E-state index contributed by atoms with van der Waals surface area (Å²) in [5, 5.41) is 4.54. The fraction of sp³-hybridized carbons (Fsp3) is 0.471. The van der Waals surface area contributed by atoms with Crippen molar-refractivity contribution in [1.82, 2.24) is 9.71 Å². The first-order chi connectivity index (χ1) is 12.1. The first kappa shape index (κ1) is 17.9. The molecule has 1 atom stereocenters. The third-order valence-electron chi connectivity index (χ3n) is 4.60. The predicted octanol–water partition coefficient (Wildman–Crippen LogP) is 2.36. The van der Waals surface area contributed by atoms with Crippen LogP contribution in [0.5, 0.6) is 11.5 Å². The maximum Gasteiger partial charge on any atom is 0.162 e. The minimum Gasteiger partial charge on any atom is -0.760 e. The number of ether oxygens (including phenoxy) is 2. The fourth-order valence-electron chi connectivity index (χ4n) is 3.31. The number of fused-ring (bicyclic) bond motifs is 1. The lowest BCUT2D eigenvalue weighted by atomic mass is 9.91. The van der Waals surface area contributed by atoms with E-state index in [1.165, 1.54) is 0 Å². The Hall–Kier alpha value is -1.90. The number of benzene rings is 1. The predicted molar refractivity (Wildman–Crippen MR) is 96.6 cm³/mol. The molecule has 2 N–H and O–H groups in total. The monoisotopic (exact) mass is 364 g/mol. The molecule has 3 rings (SSSR count). The zero-order valence-corrected chi connectivity index (χ0v) is 15.1. The van der Waals surface area contributed by atoms with Gasteiger partial charge in [0, 0.05) is 46.7 Å². The van der Waals surface area contributed by atoms with E-state index >= 15 is 0 Å². The van der Waals surface area contributed by atoms with Crippen molar-refractivity contribution in [3.05, 3.63) is 24.4 Å². The number of pyridine rings is 1. The van der Waals surface area contributed by atoms with Crippen molar-refractivity contribution in [2.75, 3.05) is 19.5 Å². The lowest BCUT2D eigenvalue weighted by molar-refractivity contribution is 0.356. The molecule has 0 saturated heterocycles. The molecule has 1 aromatic heterocycles. The van der Waals surface area contributed by atoms with Crippen molar-refractivity contribution in [3.63, 3.8) is 0 Å². The second-order valence-electron chi connectivity index (χ2n) is 6.13. The topological polar surface area (TPSA) is 95.5 Å². The van der Waals surface area contributed by atoms with Gasteiger partial charge in [0.1, 0.15) is 0 Å². The van der Waals surface area contributed by atoms with E-state index in [2.05, 4.69) is 15.0 Å². The molecule has 0 amide bonds. The molecule has 1 aliphatic rings. The normalized spacial score (nSPS) is 21.7. The fourth-order valence-corrected chi connectivity index (χ4v) is 3.82. The summed E-state index contributed by atoms with van der Waals surface area (Å²) in [4.78, 5) is 4.41. The zero-order chi connectivity index (χ0) is 17.8. The van der Waals surface area contributed by atoms with Crippen molar-refractivity contribution in [2.24, 2.45) is 0 Å². The van der Waals surface area contributed by atoms with Crippen LogP contribution in [-0.2, 0) is 11.3 Å². The van der Waals surface area contributed by atoms with E-state index in [-0.39, 0.29) is 6.04 Å². The summed E-state index contributed by atoms with van der Waals surface area (Å²) in [7, 11) is 3.22. The molecule has 1 heterocycles. The van der Waals surface area contributed by atoms with Crippen LogP contribution in [0.3, 0.4) is 0 Å². The molecule has 0 spiro atoms. The Morgan fingerprint density at radius 2 is 1.76 bits per heavy atom. The molecule has 25 heavy (non-hydrogen) atoms. The number of hydrogen-bond donors (Lipinski definition) is 2. The molecule has 8 heteroatoms. The molecule has 0 bridgehead atoms. The molecular formula is C17H22N3O4S-. The van der Waals surface area contributed by atoms with Crippen LogP contribution < -0.4 is 19.5 Å². The van der Waals surface area contributed by atoms with Crippen LogP contribution in [0.25, 0.3) is 10.9 Å². The van der Waals surface area contributed by atoms with Gasteiger partial charge in [-0.3, -0.25) is 9.19 Å². The van der Waals surface area contributed by atoms with Crippen LogP contribution in [0.4, 0.5) is 5.69 Å². The summed E-state index contributed by atoms with van der Waals surface area (Å²) in [5.41, 5.74) is 1.83. The lowest BCUT2D eigenvalue weighted by Gasteiger charge is -2.31. The van der Waals surface area contributed by atoms with Crippen molar-refractivity contribution in [2.45, 2.75) is 37.8 Å². The van der Waals surface area contributed by atoms with E-state index in [1.54, 1.807) is 20.4 Å². The number of hydrogen-bond acceptors (Lipinski definition) is 6. The van der Waals surface area contributed by atoms with Gasteiger partial charge in [0.05, 0.1) is 19.7 Å². The zero-order valence-electron chi connectivity index (χ0n) is 14.3. The molecule has 1 aliphatic carbocycles. The second-order valence-corrected chi connectivity index (χ2v) is 6.83. The van der Waals surface area contributed by atoms with Crippen molar-refractivity contribution in [1.29, 1.82) is 0 Å². The average molecular weight is 364 g/mol. The highest BCUT2D eigenvalue weighted by atomic mass is 32.2. The standard InChI is InChI=1S/C17H23N3O4S/c1-23-16-9-13-14(7-8-18-15(13)10-17(16)24-2)19-11-3-5-12(6-4-11)20-25(21)22/h7-12,20H,3-6H2,1-2H3,(H,18,19)(H,21,22)/p-1. The summed E-state index contributed by atoms with van der Waals surface area (Å²) in [5.74, 6) is 1.31.